The molecule has 0 spiro atoms. The summed E-state index contributed by atoms with van der Waals surface area (Å²) in [7, 11) is 0. The summed E-state index contributed by atoms with van der Waals surface area (Å²) >= 11 is 3.14. The Labute approximate surface area is 126 Å². The average molecular weight is 301 g/mol. The highest BCUT2D eigenvalue weighted by Gasteiger charge is 2.09. The molecule has 5 heteroatoms. The van der Waals surface area contributed by atoms with Gasteiger partial charge >= 0.3 is 0 Å². The molecule has 1 heterocycles. The molecule has 0 unspecified atom stereocenters. The first kappa shape index (κ1) is 13.5. The molecule has 0 fully saturated rings. The first-order valence-electron chi connectivity index (χ1n) is 6.53. The highest BCUT2D eigenvalue weighted by molar-refractivity contribution is 8.01. The summed E-state index contributed by atoms with van der Waals surface area (Å²) in [6.07, 6.45) is 0.879. The second kappa shape index (κ2) is 5.91. The Bertz CT molecular complexity index is 737. The second-order valence-electron chi connectivity index (χ2n) is 4.40. The van der Waals surface area contributed by atoms with Crippen LogP contribution in [0.1, 0.15) is 18.3 Å². The molecule has 0 aliphatic carbocycles. The summed E-state index contributed by atoms with van der Waals surface area (Å²) in [5, 5.41) is 2.45. The van der Waals surface area contributed by atoms with Crippen molar-refractivity contribution in [1.82, 2.24) is 9.36 Å². The lowest BCUT2D eigenvalue weighted by Crippen LogP contribution is -1.97. The number of nitrogens with two attached hydrogens (primary N) is 1. The van der Waals surface area contributed by atoms with Crippen LogP contribution in [0, 0.1) is 0 Å². The van der Waals surface area contributed by atoms with Gasteiger partial charge in [-0.1, -0.05) is 49.0 Å². The predicted molar refractivity (Wildman–Crippen MR) is 85.2 cm³/mol. The lowest BCUT2D eigenvalue weighted by Gasteiger charge is -2.08. The Morgan fingerprint density at radius 2 is 1.95 bits per heavy atom. The molecule has 0 aliphatic rings. The van der Waals surface area contributed by atoms with Crippen molar-refractivity contribution < 1.29 is 0 Å². The van der Waals surface area contributed by atoms with Crippen molar-refractivity contribution in [3.8, 4) is 0 Å². The summed E-state index contributed by atoms with van der Waals surface area (Å²) in [6.45, 7) is 2.63. The highest BCUT2D eigenvalue weighted by atomic mass is 32.2. The Balaban J connectivity index is 2.03. The molecule has 0 bridgehead atoms. The molecule has 20 heavy (non-hydrogen) atoms. The summed E-state index contributed by atoms with van der Waals surface area (Å²) in [4.78, 5) is 5.72. The molecule has 3 aromatic rings. The lowest BCUT2D eigenvalue weighted by molar-refractivity contribution is 0.972. The first-order chi connectivity index (χ1) is 9.81. The molecule has 2 N–H and O–H groups in total. The van der Waals surface area contributed by atoms with E-state index in [1.807, 2.05) is 0 Å². The molecule has 3 rings (SSSR count). The van der Waals surface area contributed by atoms with Gasteiger partial charge < -0.3 is 5.73 Å². The first-order valence-corrected chi connectivity index (χ1v) is 8.12. The van der Waals surface area contributed by atoms with Crippen LogP contribution < -0.4 is 5.73 Å². The topological polar surface area (TPSA) is 51.8 Å². The van der Waals surface area contributed by atoms with E-state index in [4.69, 9.17) is 5.73 Å². The van der Waals surface area contributed by atoms with Crippen LogP contribution in [0.25, 0.3) is 10.8 Å². The number of rotatable bonds is 4. The van der Waals surface area contributed by atoms with Crippen LogP contribution in [-0.2, 0) is 13.0 Å². The van der Waals surface area contributed by atoms with Gasteiger partial charge in [-0.3, -0.25) is 0 Å². The van der Waals surface area contributed by atoms with E-state index < -0.39 is 0 Å². The number of benzene rings is 2. The number of fused-ring (bicyclic) bond motifs is 1. The summed E-state index contributed by atoms with van der Waals surface area (Å²) in [5.74, 6) is 0.917. The molecule has 3 nitrogen and oxygen atoms in total. The maximum Gasteiger partial charge on any atom is 0.174 e. The molecule has 1 aromatic heterocycles. The minimum atomic E-state index is 0.560. The molecule has 0 saturated carbocycles. The Hall–Kier alpha value is -1.43. The van der Waals surface area contributed by atoms with Gasteiger partial charge in [-0.05, 0) is 33.9 Å². The normalized spacial score (nSPS) is 11.1. The molecule has 0 atom stereocenters. The number of nitrogens with zero attached hydrogens (tertiary/aromatic N) is 2. The van der Waals surface area contributed by atoms with Crippen LogP contribution >= 0.6 is 23.3 Å². The maximum absolute atomic E-state index is 5.81. The lowest BCUT2D eigenvalue weighted by atomic mass is 10.0. The third-order valence-corrected chi connectivity index (χ3v) is 5.02. The Kier molecular flexibility index (Phi) is 4.00. The molecule has 0 amide bonds. The number of aromatic nitrogens is 2. The SMILES string of the molecule is CCc1nsc(Sc2ccc(CN)c3ccccc23)n1. The van der Waals surface area contributed by atoms with Gasteiger partial charge in [0.2, 0.25) is 0 Å². The zero-order valence-corrected chi connectivity index (χ0v) is 12.8. The molecular formula is C15H15N3S2. The Morgan fingerprint density at radius 1 is 1.15 bits per heavy atom. The smallest absolute Gasteiger partial charge is 0.174 e. The van der Waals surface area contributed by atoms with Crippen LogP contribution in [0.2, 0.25) is 0 Å². The zero-order chi connectivity index (χ0) is 13.9. The van der Waals surface area contributed by atoms with E-state index in [9.17, 15) is 0 Å². The largest absolute Gasteiger partial charge is 0.326 e. The average Bonchev–Trinajstić information content (AvgIpc) is 2.95. The van der Waals surface area contributed by atoms with E-state index in [1.165, 1.54) is 32.8 Å². The van der Waals surface area contributed by atoms with Gasteiger partial charge in [-0.15, -0.1) is 0 Å². The van der Waals surface area contributed by atoms with Crippen LogP contribution in [0.3, 0.4) is 0 Å². The van der Waals surface area contributed by atoms with Gasteiger partial charge in [-0.2, -0.15) is 4.37 Å². The molecule has 2 aromatic carbocycles. The van der Waals surface area contributed by atoms with Crippen molar-refractivity contribution in [2.45, 2.75) is 29.1 Å². The van der Waals surface area contributed by atoms with Crippen molar-refractivity contribution in [2.75, 3.05) is 0 Å². The van der Waals surface area contributed by atoms with Crippen molar-refractivity contribution in [1.29, 1.82) is 0 Å². The fourth-order valence-corrected chi connectivity index (χ4v) is 3.91. The minimum Gasteiger partial charge on any atom is -0.326 e. The molecule has 102 valence electrons. The Morgan fingerprint density at radius 3 is 2.65 bits per heavy atom. The summed E-state index contributed by atoms with van der Waals surface area (Å²) in [5.41, 5.74) is 6.99. The van der Waals surface area contributed by atoms with Crippen LogP contribution in [0.5, 0.6) is 0 Å². The van der Waals surface area contributed by atoms with Crippen LogP contribution in [-0.4, -0.2) is 9.36 Å². The number of hydrogen-bond donors (Lipinski definition) is 1. The third-order valence-electron chi connectivity index (χ3n) is 3.16. The third kappa shape index (κ3) is 2.57. The zero-order valence-electron chi connectivity index (χ0n) is 11.2. The maximum atomic E-state index is 5.81. The molecule has 0 saturated heterocycles. The van der Waals surface area contributed by atoms with E-state index in [-0.39, 0.29) is 0 Å². The van der Waals surface area contributed by atoms with E-state index in [0.717, 1.165) is 16.6 Å². The number of hydrogen-bond acceptors (Lipinski definition) is 5. The minimum absolute atomic E-state index is 0.560. The molecule has 0 aliphatic heterocycles. The van der Waals surface area contributed by atoms with Crippen molar-refractivity contribution in [3.63, 3.8) is 0 Å². The van der Waals surface area contributed by atoms with Gasteiger partial charge in [0.25, 0.3) is 0 Å². The van der Waals surface area contributed by atoms with E-state index >= 15 is 0 Å². The van der Waals surface area contributed by atoms with E-state index in [0.29, 0.717) is 6.54 Å². The van der Waals surface area contributed by atoms with Crippen molar-refractivity contribution in [2.24, 2.45) is 5.73 Å². The highest BCUT2D eigenvalue weighted by Crippen LogP contribution is 2.35. The van der Waals surface area contributed by atoms with E-state index in [2.05, 4.69) is 52.7 Å². The van der Waals surface area contributed by atoms with Gasteiger partial charge in [0, 0.05) is 17.9 Å². The quantitative estimate of drug-likeness (QED) is 0.795. The van der Waals surface area contributed by atoms with Crippen LogP contribution in [0.15, 0.2) is 45.6 Å². The van der Waals surface area contributed by atoms with Gasteiger partial charge in [-0.25, -0.2) is 4.98 Å². The van der Waals surface area contributed by atoms with Gasteiger partial charge in [0.15, 0.2) is 4.34 Å². The summed E-state index contributed by atoms with van der Waals surface area (Å²) in [6, 6.07) is 12.6. The fraction of sp³-hybridized carbons (Fsp3) is 0.200. The summed E-state index contributed by atoms with van der Waals surface area (Å²) < 4.78 is 5.33. The van der Waals surface area contributed by atoms with E-state index in [1.54, 1.807) is 11.8 Å². The monoisotopic (exact) mass is 301 g/mol. The van der Waals surface area contributed by atoms with Gasteiger partial charge in [0.05, 0.1) is 0 Å². The fourth-order valence-electron chi connectivity index (χ4n) is 2.12. The second-order valence-corrected chi connectivity index (χ2v) is 6.45. The molecule has 0 radical (unpaired) electrons. The van der Waals surface area contributed by atoms with Crippen molar-refractivity contribution >= 4 is 34.1 Å². The number of aryl methyl sites for hydroxylation is 1. The van der Waals surface area contributed by atoms with Crippen molar-refractivity contribution in [3.05, 3.63) is 47.8 Å². The molecular weight excluding hydrogens is 286 g/mol. The standard InChI is InChI=1S/C15H15N3S2/c1-2-14-17-15(20-18-14)19-13-8-7-10(9-16)11-5-3-4-6-12(11)13/h3-8H,2,9,16H2,1H3. The van der Waals surface area contributed by atoms with Crippen LogP contribution in [0.4, 0.5) is 0 Å². The van der Waals surface area contributed by atoms with Gasteiger partial charge in [0.1, 0.15) is 5.82 Å². The predicted octanol–water partition coefficient (Wildman–Crippen LogP) is 3.86.